The van der Waals surface area contributed by atoms with Gasteiger partial charge in [-0.3, -0.25) is 14.4 Å². The van der Waals surface area contributed by atoms with Gasteiger partial charge in [0.2, 0.25) is 17.7 Å². The Bertz CT molecular complexity index is 1180. The highest BCUT2D eigenvalue weighted by Crippen LogP contribution is 2.69. The van der Waals surface area contributed by atoms with E-state index in [0.29, 0.717) is 12.2 Å². The van der Waals surface area contributed by atoms with Crippen molar-refractivity contribution >= 4 is 29.1 Å². The van der Waals surface area contributed by atoms with E-state index in [2.05, 4.69) is 0 Å². The zero-order valence-corrected chi connectivity index (χ0v) is 16.1. The lowest BCUT2D eigenvalue weighted by atomic mass is 9.91. The predicted octanol–water partition coefficient (Wildman–Crippen LogP) is 3.29. The number of hydrogen-bond acceptors (Lipinski definition) is 3. The molecule has 146 valence electrons. The van der Waals surface area contributed by atoms with Crippen LogP contribution in [-0.2, 0) is 26.3 Å². The molecule has 1 aliphatic carbocycles. The van der Waals surface area contributed by atoms with Crippen molar-refractivity contribution in [2.75, 3.05) is 9.80 Å². The maximum Gasteiger partial charge on any atom is 0.239 e. The molecule has 0 N–H and O–H groups in total. The Kier molecular flexibility index (Phi) is 3.37. The van der Waals surface area contributed by atoms with Gasteiger partial charge in [-0.2, -0.15) is 0 Å². The van der Waals surface area contributed by atoms with Gasteiger partial charge in [-0.15, -0.1) is 0 Å². The fourth-order valence-electron chi connectivity index (χ4n) is 5.31. The van der Waals surface area contributed by atoms with Crippen LogP contribution in [0.2, 0.25) is 0 Å². The maximum atomic E-state index is 13.7. The quantitative estimate of drug-likeness (QED) is 0.641. The van der Waals surface area contributed by atoms with Crippen LogP contribution in [0, 0.1) is 11.8 Å². The van der Waals surface area contributed by atoms with Crippen molar-refractivity contribution in [3.8, 4) is 0 Å². The van der Waals surface area contributed by atoms with Gasteiger partial charge in [-0.05, 0) is 29.3 Å². The van der Waals surface area contributed by atoms with Crippen LogP contribution in [0.5, 0.6) is 0 Å². The average molecular weight is 394 g/mol. The molecule has 2 aliphatic heterocycles. The average Bonchev–Trinajstić information content (AvgIpc) is 3.34. The summed E-state index contributed by atoms with van der Waals surface area (Å²) in [6.07, 6.45) is 0. The van der Waals surface area contributed by atoms with Crippen molar-refractivity contribution in [1.29, 1.82) is 0 Å². The first-order chi connectivity index (χ1) is 14.7. The second-order valence-electron chi connectivity index (χ2n) is 8.07. The smallest absolute Gasteiger partial charge is 0.239 e. The van der Waals surface area contributed by atoms with Crippen LogP contribution in [0.15, 0.2) is 84.9 Å². The summed E-state index contributed by atoms with van der Waals surface area (Å²) >= 11 is 0. The Hall–Kier alpha value is -3.73. The molecule has 3 aromatic carbocycles. The Morgan fingerprint density at radius 2 is 1.27 bits per heavy atom. The van der Waals surface area contributed by atoms with Crippen LogP contribution in [-0.4, -0.2) is 17.7 Å². The van der Waals surface area contributed by atoms with Gasteiger partial charge in [0.05, 0.1) is 24.1 Å². The largest absolute Gasteiger partial charge is 0.307 e. The Morgan fingerprint density at radius 3 is 1.93 bits per heavy atom. The van der Waals surface area contributed by atoms with Crippen LogP contribution < -0.4 is 9.80 Å². The molecule has 3 aromatic rings. The minimum Gasteiger partial charge on any atom is -0.307 e. The van der Waals surface area contributed by atoms with Crippen molar-refractivity contribution in [3.63, 3.8) is 0 Å². The monoisotopic (exact) mass is 394 g/mol. The maximum absolute atomic E-state index is 13.7. The third kappa shape index (κ3) is 1.99. The number of para-hydroxylation sites is 2. The summed E-state index contributed by atoms with van der Waals surface area (Å²) in [7, 11) is 0. The number of rotatable bonds is 3. The molecule has 1 spiro atoms. The Morgan fingerprint density at radius 1 is 0.700 bits per heavy atom. The lowest BCUT2D eigenvalue weighted by Crippen LogP contribution is -2.43. The van der Waals surface area contributed by atoms with E-state index in [1.165, 1.54) is 4.90 Å². The fourth-order valence-corrected chi connectivity index (χ4v) is 5.31. The number of piperidine rings is 1. The third-order valence-electron chi connectivity index (χ3n) is 6.62. The summed E-state index contributed by atoms with van der Waals surface area (Å²) in [5, 5.41) is 0. The molecule has 2 fully saturated rings. The van der Waals surface area contributed by atoms with Gasteiger partial charge in [0.1, 0.15) is 5.41 Å². The van der Waals surface area contributed by atoms with Gasteiger partial charge < -0.3 is 4.90 Å². The predicted molar refractivity (Wildman–Crippen MR) is 112 cm³/mol. The number of hydrogen-bond donors (Lipinski definition) is 0. The van der Waals surface area contributed by atoms with Gasteiger partial charge in [-0.1, -0.05) is 66.7 Å². The molecular formula is C25H18N2O3. The summed E-state index contributed by atoms with van der Waals surface area (Å²) in [5.41, 5.74) is 2.12. The molecule has 2 atom stereocenters. The van der Waals surface area contributed by atoms with Crippen LogP contribution >= 0.6 is 0 Å². The number of carbonyl (C=O) groups is 3. The number of amides is 3. The first-order valence-corrected chi connectivity index (χ1v) is 10.0. The SMILES string of the molecule is O=C1C2C(C(=O)N1c1ccccc1)C21C(=O)N(Cc2ccccc2)c2ccccc21. The molecule has 0 bridgehead atoms. The molecule has 1 saturated heterocycles. The topological polar surface area (TPSA) is 57.7 Å². The molecular weight excluding hydrogens is 376 g/mol. The van der Waals surface area contributed by atoms with Crippen molar-refractivity contribution in [1.82, 2.24) is 0 Å². The number of anilines is 2. The standard InChI is InChI=1S/C25H18N2O3/c28-22-20-21(23(29)27(22)17-11-5-2-6-12-17)25(20)18-13-7-8-14-19(18)26(24(25)30)15-16-9-3-1-4-10-16/h1-14,20-21H,15H2. The summed E-state index contributed by atoms with van der Waals surface area (Å²) in [6, 6.07) is 26.3. The zero-order valence-electron chi connectivity index (χ0n) is 16.1. The zero-order chi connectivity index (χ0) is 20.5. The molecule has 30 heavy (non-hydrogen) atoms. The van der Waals surface area contributed by atoms with E-state index >= 15 is 0 Å². The second-order valence-corrected chi connectivity index (χ2v) is 8.07. The van der Waals surface area contributed by atoms with Gasteiger partial charge in [0.15, 0.2) is 0 Å². The first-order valence-electron chi connectivity index (χ1n) is 10.0. The summed E-state index contributed by atoms with van der Waals surface area (Å²) < 4.78 is 0. The summed E-state index contributed by atoms with van der Waals surface area (Å²) in [6.45, 7) is 0.419. The van der Waals surface area contributed by atoms with Crippen molar-refractivity contribution in [3.05, 3.63) is 96.1 Å². The molecule has 3 amide bonds. The van der Waals surface area contributed by atoms with Crippen LogP contribution in [0.3, 0.4) is 0 Å². The van der Waals surface area contributed by atoms with Crippen LogP contribution in [0.4, 0.5) is 11.4 Å². The second kappa shape index (κ2) is 5.89. The van der Waals surface area contributed by atoms with E-state index in [4.69, 9.17) is 0 Å². The van der Waals surface area contributed by atoms with E-state index in [1.807, 2.05) is 60.7 Å². The molecule has 5 nitrogen and oxygen atoms in total. The number of carbonyl (C=O) groups excluding carboxylic acids is 3. The molecule has 0 aromatic heterocycles. The first kappa shape index (κ1) is 17.2. The highest BCUT2D eigenvalue weighted by atomic mass is 16.2. The highest BCUT2D eigenvalue weighted by Gasteiger charge is 2.84. The normalized spacial score (nSPS) is 26.3. The summed E-state index contributed by atoms with van der Waals surface area (Å²) in [4.78, 5) is 43.2. The van der Waals surface area contributed by atoms with Gasteiger partial charge in [-0.25, -0.2) is 4.90 Å². The minimum atomic E-state index is -1.05. The van der Waals surface area contributed by atoms with Crippen molar-refractivity contribution in [2.24, 2.45) is 11.8 Å². The molecule has 1 saturated carbocycles. The van der Waals surface area contributed by atoms with Crippen molar-refractivity contribution < 1.29 is 14.4 Å². The van der Waals surface area contributed by atoms with E-state index in [-0.39, 0.29) is 17.7 Å². The lowest BCUT2D eigenvalue weighted by molar-refractivity contribution is -0.129. The molecule has 2 heterocycles. The summed E-state index contributed by atoms with van der Waals surface area (Å²) in [5.74, 6) is -1.95. The van der Waals surface area contributed by atoms with Gasteiger partial charge in [0, 0.05) is 5.69 Å². The van der Waals surface area contributed by atoms with Gasteiger partial charge in [0.25, 0.3) is 0 Å². The minimum absolute atomic E-state index is 0.142. The van der Waals surface area contributed by atoms with E-state index in [9.17, 15) is 14.4 Å². The van der Waals surface area contributed by atoms with E-state index in [0.717, 1.165) is 16.8 Å². The molecule has 3 aliphatic rings. The van der Waals surface area contributed by atoms with Crippen LogP contribution in [0.25, 0.3) is 0 Å². The number of benzene rings is 3. The number of fused-ring (bicyclic) bond motifs is 5. The van der Waals surface area contributed by atoms with E-state index < -0.39 is 17.3 Å². The third-order valence-corrected chi connectivity index (χ3v) is 6.62. The molecule has 0 radical (unpaired) electrons. The molecule has 5 heteroatoms. The van der Waals surface area contributed by atoms with Crippen molar-refractivity contribution in [2.45, 2.75) is 12.0 Å². The molecule has 2 unspecified atom stereocenters. The number of nitrogens with zero attached hydrogens (tertiary/aromatic N) is 2. The van der Waals surface area contributed by atoms with Crippen LogP contribution in [0.1, 0.15) is 11.1 Å². The fraction of sp³-hybridized carbons (Fsp3) is 0.160. The van der Waals surface area contributed by atoms with E-state index in [1.54, 1.807) is 29.2 Å². The lowest BCUT2D eigenvalue weighted by Gasteiger charge is -2.23. The number of imide groups is 1. The Labute approximate surface area is 173 Å². The molecule has 6 rings (SSSR count). The highest BCUT2D eigenvalue weighted by molar-refractivity contribution is 6.32. The Balaban J connectivity index is 1.41. The van der Waals surface area contributed by atoms with Gasteiger partial charge >= 0.3 is 0 Å².